The Balaban J connectivity index is -0.0000000334. The molecule has 0 aliphatic heterocycles. The van der Waals surface area contributed by atoms with Crippen molar-refractivity contribution in [1.29, 1.82) is 0 Å². The molecule has 0 heterocycles. The van der Waals surface area contributed by atoms with Gasteiger partial charge in [-0.15, -0.1) is 0 Å². The third-order valence-corrected chi connectivity index (χ3v) is 5.05. The number of hydrogen-bond acceptors (Lipinski definition) is 9. The van der Waals surface area contributed by atoms with E-state index in [-0.39, 0.29) is 59.0 Å². The van der Waals surface area contributed by atoms with Crippen LogP contribution in [0.25, 0.3) is 0 Å². The van der Waals surface area contributed by atoms with Gasteiger partial charge in [0.25, 0.3) is 5.97 Å². The predicted molar refractivity (Wildman–Crippen MR) is 189 cm³/mol. The summed E-state index contributed by atoms with van der Waals surface area (Å²) < 4.78 is 29.0. The molecule has 0 rings (SSSR count). The fourth-order valence-electron chi connectivity index (χ4n) is 0.586. The number of amides is 1. The van der Waals surface area contributed by atoms with E-state index in [0.29, 0.717) is 12.6 Å². The van der Waals surface area contributed by atoms with Crippen molar-refractivity contribution in [3.05, 3.63) is 0 Å². The zero-order valence-corrected chi connectivity index (χ0v) is 32.2. The Labute approximate surface area is 298 Å². The number of nitrogens with zero attached hydrogens (tertiary/aromatic N) is 2. The number of carboxylic acids is 1. The van der Waals surface area contributed by atoms with Crippen LogP contribution in [0.2, 0.25) is 0 Å². The van der Waals surface area contributed by atoms with E-state index in [0.717, 1.165) is 18.3 Å². The fourth-order valence-corrected chi connectivity index (χ4v) is 1.09. The van der Waals surface area contributed by atoms with Crippen LogP contribution >= 0.6 is 0 Å². The van der Waals surface area contributed by atoms with Gasteiger partial charge < -0.3 is 21.8 Å². The van der Waals surface area contributed by atoms with Crippen LogP contribution in [-0.2, 0) is 50.7 Å². The van der Waals surface area contributed by atoms with Crippen molar-refractivity contribution in [3.63, 3.8) is 0 Å². The van der Waals surface area contributed by atoms with Crippen molar-refractivity contribution in [2.45, 2.75) is 126 Å². The first-order chi connectivity index (χ1) is 18.8. The number of ether oxygens (including phenoxy) is 1. The van der Waals surface area contributed by atoms with Gasteiger partial charge in [0.05, 0.1) is 34.2 Å². The summed E-state index contributed by atoms with van der Waals surface area (Å²) in [6.45, 7) is 28.5. The summed E-state index contributed by atoms with van der Waals surface area (Å²) in [6, 6.07) is 0.333. The number of esters is 1. The monoisotopic (exact) mass is 690 g/mol. The Morgan fingerprint density at radius 3 is 1.27 bits per heavy atom. The Morgan fingerprint density at radius 1 is 1.00 bits per heavy atom. The third-order valence-electron chi connectivity index (χ3n) is 2.39. The van der Waals surface area contributed by atoms with Crippen LogP contribution in [0, 0.1) is 0 Å². The zero-order chi connectivity index (χ0) is 36.3. The average Bonchev–Trinajstić information content (AvgIpc) is 2.79. The molecule has 0 aliphatic rings. The van der Waals surface area contributed by atoms with Crippen molar-refractivity contribution in [2.75, 3.05) is 20.8 Å². The molecule has 17 heteroatoms. The van der Waals surface area contributed by atoms with E-state index < -0.39 is 27.9 Å². The maximum absolute atomic E-state index is 11.0. The van der Waals surface area contributed by atoms with Gasteiger partial charge in [-0.3, -0.25) is 24.4 Å². The number of aliphatic carboxylic acids is 1. The summed E-state index contributed by atoms with van der Waals surface area (Å²) >= 11 is 0. The summed E-state index contributed by atoms with van der Waals surface area (Å²) in [6.07, 6.45) is 2.32. The van der Waals surface area contributed by atoms with Crippen LogP contribution in [0.1, 0.15) is 112 Å². The number of rotatable bonds is 3. The largest absolute Gasteiger partial charge is 1.00 e. The van der Waals surface area contributed by atoms with Crippen molar-refractivity contribution < 1.29 is 62.6 Å². The van der Waals surface area contributed by atoms with Crippen LogP contribution in [0.4, 0.5) is 0 Å². The molecule has 2 unspecified atom stereocenters. The minimum Gasteiger partial charge on any atom is -1.00 e. The maximum Gasteiger partial charge on any atom is 1.00 e. The molecule has 0 aliphatic carbocycles. The average molecular weight is 691 g/mol. The molecule has 0 aromatic carbocycles. The van der Waals surface area contributed by atoms with Gasteiger partial charge in [0.2, 0.25) is 5.91 Å². The predicted octanol–water partition coefficient (Wildman–Crippen LogP) is 0.151. The number of hydrogen-bond donors (Lipinski definition) is 3. The third kappa shape index (κ3) is 124. The molecule has 0 spiro atoms. The Hall–Kier alpha value is -0.940. The van der Waals surface area contributed by atoms with Gasteiger partial charge in [-0.2, -0.15) is 4.40 Å². The Morgan fingerprint density at radius 2 is 1.25 bits per heavy atom. The second-order valence-corrected chi connectivity index (χ2v) is 13.0. The first-order valence-corrected chi connectivity index (χ1v) is 15.4. The molecular weight excluding hydrogens is 622 g/mol. The van der Waals surface area contributed by atoms with Gasteiger partial charge >= 0.3 is 24.8 Å². The van der Waals surface area contributed by atoms with E-state index in [1.807, 2.05) is 69.2 Å². The molecule has 0 saturated carbocycles. The number of carbonyl (C=O) groups is 4. The first kappa shape index (κ1) is 69.7. The van der Waals surface area contributed by atoms with Crippen molar-refractivity contribution in [3.8, 4) is 0 Å². The minimum atomic E-state index is -1.18. The van der Waals surface area contributed by atoms with E-state index in [1.54, 1.807) is 27.1 Å². The standard InChI is InChI=1S/C6H13NOS.C4H9NO2.C4H11NOS.C4H8O2.C3H9N.C2H4O2.C2H4O.C2H6.Al.Li.4H/c1-5-7-9(8)6(2,3)4;1-4(6)5(2)7-3;1-4(2,3)7(5)6;1-3-6-4(2)5;1-3(2)4;1-2(3)4;1-2-3;1-2;;;;;;/h5H,1-4H3;1-3H3;5H2,1-3H3;3H2,1-2H3;3H,4H2,1-2H3;1H3,(H,3,4);2H,1H3;1-2H3;;;;;;/q;;;;;;;;;+1;;;;-1. The van der Waals surface area contributed by atoms with Crippen LogP contribution in [0.3, 0.4) is 0 Å². The molecular formula is C27H68AlLiN4O9S2. The smallest absolute Gasteiger partial charge is 1.00 e. The quantitative estimate of drug-likeness (QED) is 0.120. The Bertz CT molecular complexity index is 721. The van der Waals surface area contributed by atoms with Crippen LogP contribution in [0.5, 0.6) is 0 Å². The molecule has 0 aromatic rings. The minimum absolute atomic E-state index is 0. The Kier molecular flexibility index (Phi) is 77.5. The molecule has 2 atom stereocenters. The molecule has 0 bridgehead atoms. The molecule has 5 N–H and O–H groups in total. The van der Waals surface area contributed by atoms with Gasteiger partial charge in [0.15, 0.2) is 17.4 Å². The first-order valence-electron chi connectivity index (χ1n) is 13.1. The van der Waals surface area contributed by atoms with Crippen LogP contribution in [0.15, 0.2) is 4.40 Å². The van der Waals surface area contributed by atoms with Crippen molar-refractivity contribution >= 4 is 69.7 Å². The van der Waals surface area contributed by atoms with E-state index in [2.05, 4.69) is 14.0 Å². The summed E-state index contributed by atoms with van der Waals surface area (Å²) in [5.74, 6) is -1.14. The SMILES string of the molecule is CC.CC(=O)O.CC(C)(C)S(N)=O.CC(C)N.CC=NS(=O)C(C)(C)C.CC=O.CCOC(C)=O.CON(C)C(C)=O.[AlH3].[H-].[Li+]. The van der Waals surface area contributed by atoms with Crippen LogP contribution in [-0.4, -0.2) is 103 Å². The fraction of sp³-hybridized carbons (Fsp3) is 0.815. The normalized spacial score (nSPS) is 10.2. The second-order valence-electron chi connectivity index (χ2n) is 9.26. The van der Waals surface area contributed by atoms with E-state index in [4.69, 9.17) is 25.6 Å². The number of carbonyl (C=O) groups excluding carboxylic acids is 3. The summed E-state index contributed by atoms with van der Waals surface area (Å²) in [5, 5.41) is 13.6. The van der Waals surface area contributed by atoms with Gasteiger partial charge in [0, 0.05) is 34.0 Å². The number of carboxylic acid groups (broad SMARTS) is 1. The van der Waals surface area contributed by atoms with E-state index >= 15 is 0 Å². The summed E-state index contributed by atoms with van der Waals surface area (Å²) in [7, 11) is 0.753. The molecule has 0 fully saturated rings. The van der Waals surface area contributed by atoms with Gasteiger partial charge in [-0.25, -0.2) is 13.5 Å². The molecule has 44 heavy (non-hydrogen) atoms. The topological polar surface area (TPSA) is 209 Å². The van der Waals surface area contributed by atoms with E-state index in [1.165, 1.54) is 27.9 Å². The van der Waals surface area contributed by atoms with Gasteiger partial charge in [-0.1, -0.05) is 27.7 Å². The molecule has 1 amide bonds. The summed E-state index contributed by atoms with van der Waals surface area (Å²) in [5.41, 5.74) is 5.11. The molecule has 0 radical (unpaired) electrons. The number of hydroxylamine groups is 2. The zero-order valence-electron chi connectivity index (χ0n) is 31.5. The van der Waals surface area contributed by atoms with Gasteiger partial charge in [-0.05, 0) is 68.4 Å². The summed E-state index contributed by atoms with van der Waals surface area (Å²) in [4.78, 5) is 42.3. The number of nitrogens with two attached hydrogens (primary N) is 2. The van der Waals surface area contributed by atoms with Crippen molar-refractivity contribution in [2.24, 2.45) is 15.3 Å². The van der Waals surface area contributed by atoms with Crippen molar-refractivity contribution in [1.82, 2.24) is 5.06 Å². The molecule has 0 saturated heterocycles. The molecule has 0 aromatic heterocycles. The molecule has 266 valence electrons. The van der Waals surface area contributed by atoms with Gasteiger partial charge in [0.1, 0.15) is 17.3 Å². The maximum atomic E-state index is 11.0. The second kappa shape index (κ2) is 49.0. The van der Waals surface area contributed by atoms with E-state index in [9.17, 15) is 18.0 Å². The number of aldehydes is 1. The molecule has 13 nitrogen and oxygen atoms in total. The van der Waals surface area contributed by atoms with Crippen LogP contribution < -0.4 is 29.7 Å².